The Bertz CT molecular complexity index is 2290. The third-order valence-electron chi connectivity index (χ3n) is 11.8. The summed E-state index contributed by atoms with van der Waals surface area (Å²) in [5, 5.41) is 22.0. The SMILES string of the molecule is CCO[C@]12OC3=CC=CC=C[C@H]3CC1=C(Cc1ccc([N+](=O)[O-])cc1)C(=O)N2C(C)(C)C.CCO[C@]12OC3=CC=CC=C[C@H]3CC1=C(Cc1ccc([N+](=O)[O-])cc1)C(=O)N2C(C)(C)C. The van der Waals surface area contributed by atoms with Gasteiger partial charge < -0.3 is 18.9 Å². The van der Waals surface area contributed by atoms with Gasteiger partial charge in [0, 0.05) is 82.3 Å². The van der Waals surface area contributed by atoms with Crippen LogP contribution in [0.3, 0.4) is 0 Å². The zero-order chi connectivity index (χ0) is 46.2. The predicted octanol–water partition coefficient (Wildman–Crippen LogP) is 9.62. The molecule has 0 bridgehead atoms. The maximum Gasteiger partial charge on any atom is 0.322 e. The van der Waals surface area contributed by atoms with Crippen molar-refractivity contribution in [3.05, 3.63) is 174 Å². The molecule has 2 amide bonds. The zero-order valence-corrected chi connectivity index (χ0v) is 37.7. The lowest BCUT2D eigenvalue weighted by Crippen LogP contribution is -2.61. The van der Waals surface area contributed by atoms with E-state index in [1.807, 2.05) is 104 Å². The maximum absolute atomic E-state index is 13.8. The monoisotopic (exact) mass is 872 g/mol. The second-order valence-corrected chi connectivity index (χ2v) is 18.3. The highest BCUT2D eigenvalue weighted by atomic mass is 16.7. The molecule has 2 saturated heterocycles. The van der Waals surface area contributed by atoms with Crippen molar-refractivity contribution in [1.82, 2.24) is 9.80 Å². The van der Waals surface area contributed by atoms with E-state index in [0.717, 1.165) is 33.8 Å². The van der Waals surface area contributed by atoms with Crippen LogP contribution in [0.5, 0.6) is 0 Å². The third-order valence-corrected chi connectivity index (χ3v) is 11.8. The summed E-state index contributed by atoms with van der Waals surface area (Å²) in [5.41, 5.74) is 3.50. The van der Waals surface area contributed by atoms with Crippen molar-refractivity contribution in [2.45, 2.75) is 104 Å². The third kappa shape index (κ3) is 8.51. The van der Waals surface area contributed by atoms with Gasteiger partial charge in [-0.05, 0) is 91.5 Å². The van der Waals surface area contributed by atoms with Crippen LogP contribution in [-0.4, -0.2) is 67.6 Å². The maximum atomic E-state index is 13.8. The molecule has 8 rings (SSSR count). The van der Waals surface area contributed by atoms with Crippen molar-refractivity contribution in [1.29, 1.82) is 0 Å². The van der Waals surface area contributed by atoms with E-state index in [9.17, 15) is 29.8 Å². The molecular weight excluding hydrogens is 817 g/mol. The van der Waals surface area contributed by atoms with Gasteiger partial charge in [0.05, 0.1) is 23.1 Å². The summed E-state index contributed by atoms with van der Waals surface area (Å²) in [5.74, 6) is -1.30. The highest BCUT2D eigenvalue weighted by Crippen LogP contribution is 2.53. The molecule has 4 atom stereocenters. The number of allylic oxidation sites excluding steroid dienone is 10. The van der Waals surface area contributed by atoms with Gasteiger partial charge in [-0.25, -0.2) is 0 Å². The fourth-order valence-electron chi connectivity index (χ4n) is 9.23. The lowest BCUT2D eigenvalue weighted by molar-refractivity contribution is -0.385. The summed E-state index contributed by atoms with van der Waals surface area (Å²) in [7, 11) is 0. The number of carbonyl (C=O) groups excluding carboxylic acids is 2. The van der Waals surface area contributed by atoms with Crippen LogP contribution in [0.15, 0.2) is 143 Å². The molecule has 6 aliphatic rings. The van der Waals surface area contributed by atoms with Crippen molar-refractivity contribution in [3.8, 4) is 0 Å². The Kier molecular flexibility index (Phi) is 12.6. The molecule has 0 saturated carbocycles. The fourth-order valence-corrected chi connectivity index (χ4v) is 9.23. The summed E-state index contributed by atoms with van der Waals surface area (Å²) >= 11 is 0. The van der Waals surface area contributed by atoms with Crippen LogP contribution in [0.4, 0.5) is 11.4 Å². The first-order valence-corrected chi connectivity index (χ1v) is 21.7. The number of rotatable bonds is 10. The smallest absolute Gasteiger partial charge is 0.322 e. The summed E-state index contributed by atoms with van der Waals surface area (Å²) in [6, 6.07) is 12.7. The number of benzene rings is 2. The van der Waals surface area contributed by atoms with Crippen LogP contribution in [0, 0.1) is 32.1 Å². The first kappa shape index (κ1) is 45.6. The van der Waals surface area contributed by atoms with Gasteiger partial charge in [-0.1, -0.05) is 72.9 Å². The quantitative estimate of drug-likeness (QED) is 0.166. The van der Waals surface area contributed by atoms with Gasteiger partial charge in [0.2, 0.25) is 0 Å². The highest BCUT2D eigenvalue weighted by molar-refractivity contribution is 6.00. The van der Waals surface area contributed by atoms with Gasteiger partial charge in [0.25, 0.3) is 23.2 Å². The highest BCUT2D eigenvalue weighted by Gasteiger charge is 2.62. The zero-order valence-electron chi connectivity index (χ0n) is 37.7. The van der Waals surface area contributed by atoms with E-state index in [2.05, 4.69) is 12.2 Å². The van der Waals surface area contributed by atoms with E-state index in [-0.39, 0.29) is 35.0 Å². The number of fused-ring (bicyclic) bond motifs is 4. The Morgan fingerprint density at radius 3 is 1.28 bits per heavy atom. The average molecular weight is 873 g/mol. The minimum atomic E-state index is -1.30. The van der Waals surface area contributed by atoms with Crippen LogP contribution >= 0.6 is 0 Å². The Balaban J connectivity index is 0.000000191. The summed E-state index contributed by atoms with van der Waals surface area (Å²) in [6.45, 7) is 16.3. The molecule has 0 spiro atoms. The number of nitro groups is 2. The summed E-state index contributed by atoms with van der Waals surface area (Å²) < 4.78 is 25.6. The van der Waals surface area contributed by atoms with E-state index < -0.39 is 32.7 Å². The number of ether oxygens (including phenoxy) is 4. The lowest BCUT2D eigenvalue weighted by Gasteiger charge is -2.49. The topological polar surface area (TPSA) is 164 Å². The Labute approximate surface area is 373 Å². The molecule has 4 heterocycles. The summed E-state index contributed by atoms with van der Waals surface area (Å²) in [4.78, 5) is 52.2. The van der Waals surface area contributed by atoms with Crippen LogP contribution in [-0.2, 0) is 41.4 Å². The average Bonchev–Trinajstić information content (AvgIpc) is 3.38. The van der Waals surface area contributed by atoms with Crippen molar-refractivity contribution in [2.75, 3.05) is 13.2 Å². The van der Waals surface area contributed by atoms with Crippen LogP contribution < -0.4 is 0 Å². The molecule has 64 heavy (non-hydrogen) atoms. The van der Waals surface area contributed by atoms with E-state index in [0.29, 0.717) is 50.0 Å². The molecule has 0 N–H and O–H groups in total. The lowest BCUT2D eigenvalue weighted by atomic mass is 9.88. The number of hydrogen-bond acceptors (Lipinski definition) is 10. The Morgan fingerprint density at radius 2 is 0.969 bits per heavy atom. The van der Waals surface area contributed by atoms with E-state index in [1.165, 1.54) is 24.3 Å². The van der Waals surface area contributed by atoms with Crippen molar-refractivity contribution >= 4 is 23.2 Å². The molecule has 14 nitrogen and oxygen atoms in total. The Hall–Kier alpha value is -6.38. The largest absolute Gasteiger partial charge is 0.444 e. The van der Waals surface area contributed by atoms with E-state index in [4.69, 9.17) is 18.9 Å². The number of nitro benzene ring substituents is 2. The van der Waals surface area contributed by atoms with E-state index in [1.54, 1.807) is 34.1 Å². The van der Waals surface area contributed by atoms with Crippen molar-refractivity contribution in [3.63, 3.8) is 0 Å². The molecule has 0 radical (unpaired) electrons. The van der Waals surface area contributed by atoms with Gasteiger partial charge >= 0.3 is 11.8 Å². The van der Waals surface area contributed by atoms with Gasteiger partial charge in [0.1, 0.15) is 11.5 Å². The molecule has 336 valence electrons. The standard InChI is InChI=1S/2C25H28N2O5/c2*1-5-31-25-21(16-18-9-7-6-8-10-22(18)32-25)20(23(28)26(25)24(2,3)4)15-17-11-13-19(14-12-17)27(29)30/h2*6-14,18H,5,15-16H2,1-4H3/t2*18-,25-/m00/s1. The van der Waals surface area contributed by atoms with Gasteiger partial charge in [-0.2, -0.15) is 0 Å². The number of hydrogen-bond donors (Lipinski definition) is 0. The predicted molar refractivity (Wildman–Crippen MR) is 241 cm³/mol. The molecule has 4 aliphatic heterocycles. The normalized spacial score (nSPS) is 24.6. The number of carbonyl (C=O) groups is 2. The fraction of sp³-hybridized carbons (Fsp3) is 0.400. The van der Waals surface area contributed by atoms with Gasteiger partial charge in [0.15, 0.2) is 0 Å². The van der Waals surface area contributed by atoms with Crippen LogP contribution in [0.1, 0.15) is 79.4 Å². The molecular formula is C50H56N4O10. The molecule has 0 aromatic heterocycles. The van der Waals surface area contributed by atoms with Gasteiger partial charge in [-0.15, -0.1) is 0 Å². The van der Waals surface area contributed by atoms with Crippen molar-refractivity contribution < 1.29 is 38.4 Å². The molecule has 2 fully saturated rings. The number of amides is 2. The second kappa shape index (κ2) is 17.6. The minimum absolute atomic E-state index is 0.00756. The number of nitrogens with zero attached hydrogens (tertiary/aromatic N) is 4. The second-order valence-electron chi connectivity index (χ2n) is 18.3. The molecule has 2 aliphatic carbocycles. The molecule has 2 aromatic rings. The molecule has 2 aromatic carbocycles. The van der Waals surface area contributed by atoms with Crippen molar-refractivity contribution in [2.24, 2.45) is 11.8 Å². The first-order chi connectivity index (χ1) is 30.3. The molecule has 14 heteroatoms. The van der Waals surface area contributed by atoms with Crippen LogP contribution in [0.25, 0.3) is 0 Å². The van der Waals surface area contributed by atoms with Gasteiger partial charge in [-0.3, -0.25) is 39.6 Å². The molecule has 0 unspecified atom stereocenters. The summed E-state index contributed by atoms with van der Waals surface area (Å²) in [6.07, 6.45) is 21.7. The Morgan fingerprint density at radius 1 is 0.609 bits per heavy atom. The van der Waals surface area contributed by atoms with E-state index >= 15 is 0 Å². The first-order valence-electron chi connectivity index (χ1n) is 21.7. The number of non-ortho nitro benzene ring substituents is 2. The minimum Gasteiger partial charge on any atom is -0.444 e. The van der Waals surface area contributed by atoms with Crippen LogP contribution in [0.2, 0.25) is 0 Å².